The summed E-state index contributed by atoms with van der Waals surface area (Å²) < 4.78 is 2.26. The van der Waals surface area contributed by atoms with Gasteiger partial charge in [0.2, 0.25) is 5.91 Å². The minimum Gasteiger partial charge on any atom is -0.326 e. The molecule has 0 saturated heterocycles. The Balaban J connectivity index is 1.87. The van der Waals surface area contributed by atoms with Crippen LogP contribution in [0.5, 0.6) is 0 Å². The van der Waals surface area contributed by atoms with E-state index in [1.165, 1.54) is 29.4 Å². The van der Waals surface area contributed by atoms with Crippen LogP contribution in [0.2, 0.25) is 0 Å². The zero-order chi connectivity index (χ0) is 19.6. The Bertz CT molecular complexity index is 1010. The summed E-state index contributed by atoms with van der Waals surface area (Å²) in [5.41, 5.74) is 8.81. The van der Waals surface area contributed by atoms with E-state index in [9.17, 15) is 4.79 Å². The molecule has 1 N–H and O–H groups in total. The van der Waals surface area contributed by atoms with Gasteiger partial charge in [-0.3, -0.25) is 9.79 Å². The number of aryl methyl sites for hydroxylation is 3. The van der Waals surface area contributed by atoms with E-state index in [0.29, 0.717) is 0 Å². The molecule has 27 heavy (non-hydrogen) atoms. The van der Waals surface area contributed by atoms with E-state index in [2.05, 4.69) is 66.8 Å². The number of amides is 1. The third-order valence-electron chi connectivity index (χ3n) is 4.76. The van der Waals surface area contributed by atoms with Gasteiger partial charge in [0.1, 0.15) is 0 Å². The summed E-state index contributed by atoms with van der Waals surface area (Å²) in [6, 6.07) is 16.2. The zero-order valence-corrected chi connectivity index (χ0v) is 16.5. The largest absolute Gasteiger partial charge is 0.326 e. The number of carbonyl (C=O) groups is 1. The van der Waals surface area contributed by atoms with Crippen LogP contribution in [0.4, 0.5) is 11.4 Å². The van der Waals surface area contributed by atoms with Crippen molar-refractivity contribution in [3.63, 3.8) is 0 Å². The number of aliphatic imine (C=N–C) groups is 1. The van der Waals surface area contributed by atoms with E-state index in [1.54, 1.807) is 0 Å². The first-order valence-corrected chi connectivity index (χ1v) is 9.03. The maximum atomic E-state index is 11.1. The van der Waals surface area contributed by atoms with Crippen LogP contribution >= 0.6 is 0 Å². The van der Waals surface area contributed by atoms with Crippen molar-refractivity contribution in [3.05, 3.63) is 76.6 Å². The lowest BCUT2D eigenvalue weighted by molar-refractivity contribution is -0.114. The number of hydrogen-bond acceptors (Lipinski definition) is 2. The van der Waals surface area contributed by atoms with Crippen LogP contribution in [0, 0.1) is 27.7 Å². The van der Waals surface area contributed by atoms with Crippen LogP contribution in [-0.2, 0) is 4.79 Å². The summed E-state index contributed by atoms with van der Waals surface area (Å²) in [6.07, 6.45) is 1.90. The lowest BCUT2D eigenvalue weighted by Crippen LogP contribution is -2.04. The Morgan fingerprint density at radius 1 is 0.963 bits per heavy atom. The van der Waals surface area contributed by atoms with E-state index < -0.39 is 0 Å². The predicted molar refractivity (Wildman–Crippen MR) is 113 cm³/mol. The summed E-state index contributed by atoms with van der Waals surface area (Å²) in [7, 11) is 0. The number of anilines is 1. The van der Waals surface area contributed by atoms with E-state index in [4.69, 9.17) is 0 Å². The third kappa shape index (κ3) is 4.17. The number of nitrogens with zero attached hydrogens (tertiary/aromatic N) is 2. The molecule has 0 unspecified atom stereocenters. The molecule has 0 radical (unpaired) electrons. The van der Waals surface area contributed by atoms with Gasteiger partial charge in [-0.05, 0) is 81.3 Å². The van der Waals surface area contributed by atoms with Crippen molar-refractivity contribution in [1.29, 1.82) is 0 Å². The van der Waals surface area contributed by atoms with Crippen LogP contribution in [0.1, 0.15) is 35.0 Å². The van der Waals surface area contributed by atoms with Gasteiger partial charge in [0.15, 0.2) is 0 Å². The summed E-state index contributed by atoms with van der Waals surface area (Å²) in [4.78, 5) is 15.7. The average Bonchev–Trinajstić information content (AvgIpc) is 2.90. The summed E-state index contributed by atoms with van der Waals surface area (Å²) in [6.45, 7) is 9.99. The molecule has 1 heterocycles. The van der Waals surface area contributed by atoms with Gasteiger partial charge in [-0.25, -0.2) is 0 Å². The van der Waals surface area contributed by atoms with Gasteiger partial charge >= 0.3 is 0 Å². The monoisotopic (exact) mass is 359 g/mol. The topological polar surface area (TPSA) is 46.4 Å². The van der Waals surface area contributed by atoms with Crippen LogP contribution in [0.3, 0.4) is 0 Å². The Kier molecular flexibility index (Phi) is 5.26. The maximum Gasteiger partial charge on any atom is 0.221 e. The van der Waals surface area contributed by atoms with E-state index >= 15 is 0 Å². The molecule has 138 valence electrons. The van der Waals surface area contributed by atoms with E-state index in [-0.39, 0.29) is 5.91 Å². The van der Waals surface area contributed by atoms with E-state index in [1.807, 2.05) is 30.5 Å². The van der Waals surface area contributed by atoms with Gasteiger partial charge in [0.25, 0.3) is 0 Å². The minimum atomic E-state index is -0.0787. The molecule has 0 fully saturated rings. The number of rotatable bonds is 4. The van der Waals surface area contributed by atoms with Crippen molar-refractivity contribution in [2.75, 3.05) is 5.32 Å². The molecule has 1 amide bonds. The van der Waals surface area contributed by atoms with Crippen molar-refractivity contribution < 1.29 is 4.79 Å². The highest BCUT2D eigenvalue weighted by Gasteiger charge is 2.10. The fourth-order valence-electron chi connectivity index (χ4n) is 3.16. The Labute approximate surface area is 160 Å². The lowest BCUT2D eigenvalue weighted by Gasteiger charge is -2.11. The summed E-state index contributed by atoms with van der Waals surface area (Å²) in [5, 5.41) is 2.76. The minimum absolute atomic E-state index is 0.0787. The van der Waals surface area contributed by atoms with Gasteiger partial charge in [-0.2, -0.15) is 0 Å². The number of benzene rings is 2. The molecule has 1 aromatic heterocycles. The second-order valence-corrected chi connectivity index (χ2v) is 6.92. The molecule has 4 nitrogen and oxygen atoms in total. The highest BCUT2D eigenvalue weighted by Crippen LogP contribution is 2.23. The van der Waals surface area contributed by atoms with Gasteiger partial charge in [0.05, 0.1) is 5.69 Å². The molecule has 0 bridgehead atoms. The molecule has 3 aromatic rings. The highest BCUT2D eigenvalue weighted by atomic mass is 16.1. The standard InChI is InChI=1S/C23H25N3O/c1-15-6-11-23(12-16(15)2)26-17(3)13-20(18(26)4)14-24-21-7-9-22(10-8-21)25-19(5)27/h6-14H,1-5H3,(H,25,27). The second-order valence-electron chi connectivity index (χ2n) is 6.92. The van der Waals surface area contributed by atoms with Crippen molar-refractivity contribution >= 4 is 23.5 Å². The fraction of sp³-hybridized carbons (Fsp3) is 0.217. The lowest BCUT2D eigenvalue weighted by atomic mass is 10.1. The Hall–Kier alpha value is -3.14. The van der Waals surface area contributed by atoms with Crippen LogP contribution < -0.4 is 5.32 Å². The second kappa shape index (κ2) is 7.62. The number of aromatic nitrogens is 1. The molecule has 0 aliphatic heterocycles. The van der Waals surface area contributed by atoms with Gasteiger partial charge in [-0.1, -0.05) is 6.07 Å². The molecular weight excluding hydrogens is 334 g/mol. The molecule has 0 aliphatic rings. The summed E-state index contributed by atoms with van der Waals surface area (Å²) in [5.74, 6) is -0.0787. The van der Waals surface area contributed by atoms with Crippen molar-refractivity contribution in [1.82, 2.24) is 4.57 Å². The van der Waals surface area contributed by atoms with Crippen molar-refractivity contribution in [2.45, 2.75) is 34.6 Å². The molecule has 0 atom stereocenters. The summed E-state index contributed by atoms with van der Waals surface area (Å²) >= 11 is 0. The first kappa shape index (κ1) is 18.6. The molecule has 2 aromatic carbocycles. The zero-order valence-electron chi connectivity index (χ0n) is 16.5. The van der Waals surface area contributed by atoms with Crippen molar-refractivity contribution in [3.8, 4) is 5.69 Å². The molecule has 3 rings (SSSR count). The van der Waals surface area contributed by atoms with Crippen LogP contribution in [-0.4, -0.2) is 16.7 Å². The molecular formula is C23H25N3O. The predicted octanol–water partition coefficient (Wildman–Crippen LogP) is 5.42. The van der Waals surface area contributed by atoms with Gasteiger partial charge < -0.3 is 9.88 Å². The number of carbonyl (C=O) groups excluding carboxylic acids is 1. The van der Waals surface area contributed by atoms with Crippen LogP contribution in [0.25, 0.3) is 5.69 Å². The first-order valence-electron chi connectivity index (χ1n) is 9.03. The Morgan fingerprint density at radius 3 is 2.30 bits per heavy atom. The first-order chi connectivity index (χ1) is 12.8. The van der Waals surface area contributed by atoms with Gasteiger partial charge in [0, 0.05) is 41.5 Å². The number of nitrogens with one attached hydrogen (secondary N) is 1. The van der Waals surface area contributed by atoms with Gasteiger partial charge in [-0.15, -0.1) is 0 Å². The van der Waals surface area contributed by atoms with Crippen molar-refractivity contribution in [2.24, 2.45) is 4.99 Å². The Morgan fingerprint density at radius 2 is 1.67 bits per heavy atom. The smallest absolute Gasteiger partial charge is 0.221 e. The normalized spacial score (nSPS) is 11.1. The average molecular weight is 359 g/mol. The quantitative estimate of drug-likeness (QED) is 0.621. The maximum absolute atomic E-state index is 11.1. The third-order valence-corrected chi connectivity index (χ3v) is 4.76. The molecule has 0 aliphatic carbocycles. The fourth-order valence-corrected chi connectivity index (χ4v) is 3.16. The molecule has 0 saturated carbocycles. The SMILES string of the molecule is CC(=O)Nc1ccc(N=Cc2cc(C)n(-c3ccc(C)c(C)c3)c2C)cc1. The highest BCUT2D eigenvalue weighted by molar-refractivity contribution is 5.89. The number of hydrogen-bond donors (Lipinski definition) is 1. The van der Waals surface area contributed by atoms with E-state index in [0.717, 1.165) is 22.6 Å². The van der Waals surface area contributed by atoms with Crippen LogP contribution in [0.15, 0.2) is 53.5 Å². The molecule has 4 heteroatoms. The molecule has 0 spiro atoms.